The molecule has 0 aliphatic heterocycles. The van der Waals surface area contributed by atoms with Crippen molar-refractivity contribution in [1.82, 2.24) is 9.97 Å². The summed E-state index contributed by atoms with van der Waals surface area (Å²) in [6.45, 7) is 3.09. The molecule has 1 fully saturated rings. The lowest BCUT2D eigenvalue weighted by Crippen LogP contribution is -2.35. The van der Waals surface area contributed by atoms with Gasteiger partial charge in [0, 0.05) is 23.8 Å². The summed E-state index contributed by atoms with van der Waals surface area (Å²) in [5.74, 6) is 1.71. The summed E-state index contributed by atoms with van der Waals surface area (Å²) in [4.78, 5) is 8.82. The molecule has 0 saturated heterocycles. The maximum Gasteiger partial charge on any atom is 0.134 e. The second kappa shape index (κ2) is 7.51. The Hall–Kier alpha value is -0.480. The number of hydrogen-bond donors (Lipinski definition) is 1. The fourth-order valence-electron chi connectivity index (χ4n) is 2.79. The average Bonchev–Trinajstić information content (AvgIpc) is 2.46. The van der Waals surface area contributed by atoms with Crippen molar-refractivity contribution in [2.24, 2.45) is 0 Å². The molecule has 0 radical (unpaired) electrons. The highest BCUT2D eigenvalue weighted by atomic mass is 35.5. The van der Waals surface area contributed by atoms with Gasteiger partial charge in [0.2, 0.25) is 0 Å². The Kier molecular flexibility index (Phi) is 5.97. The molecule has 5 heteroatoms. The number of rotatable bonds is 6. The molecular formula is C15H24ClN3S. The Bertz CT molecular complexity index is 433. The van der Waals surface area contributed by atoms with E-state index in [1.807, 2.05) is 17.8 Å². The fourth-order valence-corrected chi connectivity index (χ4v) is 3.91. The molecule has 1 saturated carbocycles. The van der Waals surface area contributed by atoms with Gasteiger partial charge < -0.3 is 5.32 Å². The van der Waals surface area contributed by atoms with Crippen molar-refractivity contribution in [2.75, 3.05) is 18.1 Å². The molecule has 112 valence electrons. The maximum absolute atomic E-state index is 6.08. The second-order valence-corrected chi connectivity index (χ2v) is 7.21. The third-order valence-corrected chi connectivity index (χ3v) is 5.62. The van der Waals surface area contributed by atoms with Crippen LogP contribution in [0.4, 0.5) is 5.82 Å². The predicted octanol–water partition coefficient (Wildman–Crippen LogP) is 4.56. The van der Waals surface area contributed by atoms with Gasteiger partial charge in [0.25, 0.3) is 0 Å². The highest BCUT2D eigenvalue weighted by Crippen LogP contribution is 2.38. The van der Waals surface area contributed by atoms with Crippen molar-refractivity contribution in [3.05, 3.63) is 17.0 Å². The van der Waals surface area contributed by atoms with Crippen LogP contribution in [-0.4, -0.2) is 27.5 Å². The summed E-state index contributed by atoms with van der Waals surface area (Å²) in [7, 11) is 0. The van der Waals surface area contributed by atoms with Crippen molar-refractivity contribution in [3.63, 3.8) is 0 Å². The van der Waals surface area contributed by atoms with E-state index in [0.29, 0.717) is 9.90 Å². The Balaban J connectivity index is 2.02. The molecule has 0 aromatic carbocycles. The number of nitrogens with zero attached hydrogens (tertiary/aromatic N) is 2. The van der Waals surface area contributed by atoms with Crippen LogP contribution in [0.25, 0.3) is 0 Å². The van der Waals surface area contributed by atoms with E-state index in [4.69, 9.17) is 11.6 Å². The van der Waals surface area contributed by atoms with Crippen LogP contribution in [0.15, 0.2) is 6.07 Å². The van der Waals surface area contributed by atoms with Crippen LogP contribution in [0.5, 0.6) is 0 Å². The quantitative estimate of drug-likeness (QED) is 0.781. The van der Waals surface area contributed by atoms with Crippen LogP contribution in [0.1, 0.15) is 51.3 Å². The summed E-state index contributed by atoms with van der Waals surface area (Å²) < 4.78 is 0.362. The van der Waals surface area contributed by atoms with Crippen LogP contribution >= 0.6 is 23.4 Å². The van der Waals surface area contributed by atoms with E-state index in [-0.39, 0.29) is 0 Å². The summed E-state index contributed by atoms with van der Waals surface area (Å²) in [5, 5.41) is 4.02. The first-order chi connectivity index (χ1) is 9.67. The Labute approximate surface area is 131 Å². The number of nitrogens with one attached hydrogen (secondary N) is 1. The Morgan fingerprint density at radius 3 is 2.70 bits per heavy atom. The normalized spacial score (nSPS) is 17.9. The van der Waals surface area contributed by atoms with Crippen molar-refractivity contribution >= 4 is 29.2 Å². The number of hydrogen-bond acceptors (Lipinski definition) is 4. The lowest BCUT2D eigenvalue weighted by atomic mass is 9.88. The molecule has 1 aliphatic rings. The highest BCUT2D eigenvalue weighted by Gasteiger charge is 2.30. The zero-order valence-electron chi connectivity index (χ0n) is 12.4. The summed E-state index contributed by atoms with van der Waals surface area (Å²) in [5.41, 5.74) is 0. The van der Waals surface area contributed by atoms with Gasteiger partial charge in [0.05, 0.1) is 0 Å². The van der Waals surface area contributed by atoms with Crippen LogP contribution in [-0.2, 0) is 6.42 Å². The zero-order valence-corrected chi connectivity index (χ0v) is 14.0. The van der Waals surface area contributed by atoms with Crippen molar-refractivity contribution < 1.29 is 0 Å². The number of aryl methyl sites for hydroxylation is 1. The molecule has 1 N–H and O–H groups in total. The van der Waals surface area contributed by atoms with E-state index in [1.54, 1.807) is 0 Å². The van der Waals surface area contributed by atoms with Gasteiger partial charge in [-0.1, -0.05) is 37.8 Å². The molecule has 0 spiro atoms. The predicted molar refractivity (Wildman–Crippen MR) is 88.9 cm³/mol. The Morgan fingerprint density at radius 1 is 1.30 bits per heavy atom. The molecule has 0 unspecified atom stereocenters. The first-order valence-corrected chi connectivity index (χ1v) is 9.10. The smallest absolute Gasteiger partial charge is 0.134 e. The molecule has 0 amide bonds. The van der Waals surface area contributed by atoms with Gasteiger partial charge in [-0.25, -0.2) is 9.97 Å². The van der Waals surface area contributed by atoms with E-state index in [2.05, 4.69) is 28.5 Å². The van der Waals surface area contributed by atoms with Gasteiger partial charge in [0.15, 0.2) is 0 Å². The largest absolute Gasteiger partial charge is 0.369 e. The topological polar surface area (TPSA) is 37.8 Å². The first-order valence-electron chi connectivity index (χ1n) is 7.50. The van der Waals surface area contributed by atoms with Crippen molar-refractivity contribution in [2.45, 2.75) is 56.6 Å². The molecular weight excluding hydrogens is 290 g/mol. The average molecular weight is 314 g/mol. The standard InChI is InChI=1S/C15H24ClN3S/c1-3-7-13-18-12(16)10-14(19-13)17-11-15(20-2)8-5-4-6-9-15/h10H,3-9,11H2,1-2H3,(H,17,18,19). The van der Waals surface area contributed by atoms with Crippen LogP contribution in [0, 0.1) is 0 Å². The van der Waals surface area contributed by atoms with Gasteiger partial charge in [-0.15, -0.1) is 0 Å². The monoisotopic (exact) mass is 313 g/mol. The SMILES string of the molecule is CCCc1nc(Cl)cc(NCC2(SC)CCCCC2)n1. The van der Waals surface area contributed by atoms with Gasteiger partial charge in [-0.2, -0.15) is 11.8 Å². The van der Waals surface area contributed by atoms with Crippen LogP contribution in [0.3, 0.4) is 0 Å². The number of thioether (sulfide) groups is 1. The van der Waals surface area contributed by atoms with E-state index < -0.39 is 0 Å². The summed E-state index contributed by atoms with van der Waals surface area (Å²) in [6, 6.07) is 1.83. The highest BCUT2D eigenvalue weighted by molar-refractivity contribution is 8.00. The molecule has 0 bridgehead atoms. The molecule has 1 heterocycles. The summed E-state index contributed by atoms with van der Waals surface area (Å²) in [6.07, 6.45) is 10.8. The first kappa shape index (κ1) is 15.9. The fraction of sp³-hybridized carbons (Fsp3) is 0.733. The minimum Gasteiger partial charge on any atom is -0.369 e. The lowest BCUT2D eigenvalue weighted by Gasteiger charge is -2.36. The number of anilines is 1. The molecule has 1 aromatic heterocycles. The van der Waals surface area contributed by atoms with Gasteiger partial charge in [-0.05, 0) is 25.5 Å². The van der Waals surface area contributed by atoms with Gasteiger partial charge in [0.1, 0.15) is 16.8 Å². The minimum atomic E-state index is 0.362. The molecule has 0 atom stereocenters. The van der Waals surface area contributed by atoms with Gasteiger partial charge in [-0.3, -0.25) is 0 Å². The maximum atomic E-state index is 6.08. The number of aromatic nitrogens is 2. The summed E-state index contributed by atoms with van der Waals surface area (Å²) >= 11 is 8.07. The van der Waals surface area contributed by atoms with Crippen molar-refractivity contribution in [1.29, 1.82) is 0 Å². The van der Waals surface area contributed by atoms with Crippen molar-refractivity contribution in [3.8, 4) is 0 Å². The van der Waals surface area contributed by atoms with Gasteiger partial charge >= 0.3 is 0 Å². The zero-order chi connectivity index (χ0) is 14.4. The third-order valence-electron chi connectivity index (χ3n) is 4.00. The minimum absolute atomic E-state index is 0.362. The van der Waals surface area contributed by atoms with Crippen LogP contribution in [0.2, 0.25) is 5.15 Å². The molecule has 3 nitrogen and oxygen atoms in total. The second-order valence-electron chi connectivity index (χ2n) is 5.54. The van der Waals surface area contributed by atoms with E-state index in [0.717, 1.165) is 31.0 Å². The Morgan fingerprint density at radius 2 is 2.05 bits per heavy atom. The molecule has 1 aromatic rings. The lowest BCUT2D eigenvalue weighted by molar-refractivity contribution is 0.411. The van der Waals surface area contributed by atoms with E-state index >= 15 is 0 Å². The molecule has 1 aliphatic carbocycles. The van der Waals surface area contributed by atoms with Crippen LogP contribution < -0.4 is 5.32 Å². The van der Waals surface area contributed by atoms with E-state index in [9.17, 15) is 0 Å². The third kappa shape index (κ3) is 4.26. The molecule has 20 heavy (non-hydrogen) atoms. The molecule has 2 rings (SSSR count). The van der Waals surface area contributed by atoms with E-state index in [1.165, 1.54) is 32.1 Å². The number of halogens is 1.